The van der Waals surface area contributed by atoms with Gasteiger partial charge in [0.05, 0.1) is 6.26 Å². The molecule has 0 amide bonds. The van der Waals surface area contributed by atoms with Crippen molar-refractivity contribution in [2.24, 2.45) is 5.92 Å². The van der Waals surface area contributed by atoms with E-state index in [0.717, 1.165) is 25.1 Å². The van der Waals surface area contributed by atoms with Crippen molar-refractivity contribution in [1.29, 1.82) is 0 Å². The Hall–Kier alpha value is -1.02. The smallest absolute Gasteiger partial charge is 0.261 e. The molecule has 1 fully saturated rings. The van der Waals surface area contributed by atoms with Gasteiger partial charge in [0.1, 0.15) is 5.82 Å². The summed E-state index contributed by atoms with van der Waals surface area (Å²) in [6, 6.07) is 6.69. The fourth-order valence-corrected chi connectivity index (χ4v) is 2.55. The third-order valence-electron chi connectivity index (χ3n) is 3.47. The molecule has 1 aromatic carbocycles. The number of likely N-dealkylation sites (tertiary alicyclic amines) is 1. The van der Waals surface area contributed by atoms with Crippen LogP contribution in [0.25, 0.3) is 0 Å². The van der Waals surface area contributed by atoms with E-state index in [9.17, 15) is 17.9 Å². The van der Waals surface area contributed by atoms with Crippen LogP contribution in [-0.2, 0) is 10.1 Å². The van der Waals surface area contributed by atoms with E-state index in [1.165, 1.54) is 12.1 Å². The molecule has 0 spiro atoms. The Morgan fingerprint density at radius 2 is 1.86 bits per heavy atom. The van der Waals surface area contributed by atoms with Crippen molar-refractivity contribution in [2.45, 2.75) is 12.3 Å². The van der Waals surface area contributed by atoms with E-state index >= 15 is 0 Å². The van der Waals surface area contributed by atoms with Crippen LogP contribution in [0, 0.1) is 11.7 Å². The molecule has 7 heteroatoms. The summed E-state index contributed by atoms with van der Waals surface area (Å²) in [5.74, 6) is 0.434. The molecule has 0 aromatic heterocycles. The Labute approximate surface area is 125 Å². The number of rotatable bonds is 2. The van der Waals surface area contributed by atoms with E-state index in [0.29, 0.717) is 12.2 Å². The Kier molecular flexibility index (Phi) is 6.73. The highest BCUT2D eigenvalue weighted by Crippen LogP contribution is 2.32. The zero-order valence-electron chi connectivity index (χ0n) is 12.2. The predicted molar refractivity (Wildman–Crippen MR) is 79.3 cm³/mol. The minimum absolute atomic E-state index is 0.197. The molecule has 0 unspecified atom stereocenters. The predicted octanol–water partition coefficient (Wildman–Crippen LogP) is 1.36. The Bertz CT molecular complexity index is 524. The zero-order chi connectivity index (χ0) is 16.0. The van der Waals surface area contributed by atoms with Crippen LogP contribution in [0.2, 0.25) is 0 Å². The topological polar surface area (TPSA) is 77.8 Å². The summed E-state index contributed by atoms with van der Waals surface area (Å²) in [6.07, 6.45) is 1.75. The first-order valence-electron chi connectivity index (χ1n) is 6.68. The van der Waals surface area contributed by atoms with Gasteiger partial charge >= 0.3 is 0 Å². The van der Waals surface area contributed by atoms with Crippen LogP contribution in [0.1, 0.15) is 17.9 Å². The Morgan fingerprint density at radius 1 is 1.33 bits per heavy atom. The molecule has 2 N–H and O–H groups in total. The van der Waals surface area contributed by atoms with Crippen LogP contribution in [0.4, 0.5) is 4.39 Å². The van der Waals surface area contributed by atoms with E-state index in [1.807, 2.05) is 12.1 Å². The fraction of sp³-hybridized carbons (Fsp3) is 0.571. The van der Waals surface area contributed by atoms with Crippen LogP contribution in [0.3, 0.4) is 0 Å². The van der Waals surface area contributed by atoms with Gasteiger partial charge in [-0.2, -0.15) is 8.42 Å². The average Bonchev–Trinajstić information content (AvgIpc) is 2.38. The summed E-state index contributed by atoms with van der Waals surface area (Å²) in [6.45, 7) is 2.16. The lowest BCUT2D eigenvalue weighted by Gasteiger charge is -2.36. The van der Waals surface area contributed by atoms with Gasteiger partial charge in [-0.15, -0.1) is 0 Å². The Balaban J connectivity index is 0.000000383. The number of nitrogens with zero attached hydrogens (tertiary/aromatic N) is 1. The molecule has 120 valence electrons. The quantitative estimate of drug-likeness (QED) is 0.805. The van der Waals surface area contributed by atoms with Crippen LogP contribution in [-0.4, -0.2) is 56.0 Å². The van der Waals surface area contributed by atoms with Crippen LogP contribution >= 0.6 is 0 Å². The number of halogens is 1. The van der Waals surface area contributed by atoms with E-state index < -0.39 is 10.1 Å². The van der Waals surface area contributed by atoms with Crippen molar-refractivity contribution in [3.8, 4) is 0 Å². The molecular weight excluding hydrogens is 297 g/mol. The second kappa shape index (κ2) is 7.84. The second-order valence-corrected chi connectivity index (χ2v) is 6.85. The number of aliphatic hydroxyl groups excluding tert-OH is 1. The van der Waals surface area contributed by atoms with Gasteiger partial charge in [-0.1, -0.05) is 12.1 Å². The summed E-state index contributed by atoms with van der Waals surface area (Å²) in [4.78, 5) is 2.24. The van der Waals surface area contributed by atoms with Crippen molar-refractivity contribution in [3.63, 3.8) is 0 Å². The van der Waals surface area contributed by atoms with Gasteiger partial charge in [-0.25, -0.2) is 4.39 Å². The van der Waals surface area contributed by atoms with Crippen molar-refractivity contribution in [1.82, 2.24) is 4.90 Å². The zero-order valence-corrected chi connectivity index (χ0v) is 13.1. The molecule has 1 aromatic rings. The molecule has 21 heavy (non-hydrogen) atoms. The number of piperidine rings is 1. The van der Waals surface area contributed by atoms with Crippen molar-refractivity contribution < 1.29 is 22.5 Å². The van der Waals surface area contributed by atoms with Gasteiger partial charge in [0.2, 0.25) is 0 Å². The first-order valence-corrected chi connectivity index (χ1v) is 8.53. The summed E-state index contributed by atoms with van der Waals surface area (Å²) in [5.41, 5.74) is 1.15. The summed E-state index contributed by atoms with van der Waals surface area (Å²) >= 11 is 0. The molecule has 2 atom stereocenters. The average molecular weight is 319 g/mol. The molecule has 2 rings (SSSR count). The molecular formula is C14H22FNO4S. The molecule has 0 radical (unpaired) electrons. The molecule has 0 aliphatic carbocycles. The van der Waals surface area contributed by atoms with Crippen LogP contribution < -0.4 is 0 Å². The summed E-state index contributed by atoms with van der Waals surface area (Å²) in [7, 11) is -1.59. The first kappa shape index (κ1) is 18.0. The second-order valence-electron chi connectivity index (χ2n) is 5.38. The molecule has 0 bridgehead atoms. The normalized spacial score (nSPS) is 23.3. The number of benzene rings is 1. The Morgan fingerprint density at radius 3 is 2.33 bits per heavy atom. The van der Waals surface area contributed by atoms with E-state index in [2.05, 4.69) is 11.9 Å². The van der Waals surface area contributed by atoms with Crippen molar-refractivity contribution in [2.75, 3.05) is 33.0 Å². The molecule has 0 saturated carbocycles. The van der Waals surface area contributed by atoms with Gasteiger partial charge in [0.25, 0.3) is 10.1 Å². The fourth-order valence-electron chi connectivity index (χ4n) is 2.55. The third kappa shape index (κ3) is 6.99. The van der Waals surface area contributed by atoms with E-state index in [1.54, 1.807) is 0 Å². The van der Waals surface area contributed by atoms with Gasteiger partial charge in [-0.3, -0.25) is 4.55 Å². The number of aliphatic hydroxyl groups is 1. The lowest BCUT2D eigenvalue weighted by molar-refractivity contribution is 0.118. The highest BCUT2D eigenvalue weighted by Gasteiger charge is 2.28. The van der Waals surface area contributed by atoms with Gasteiger partial charge in [0.15, 0.2) is 0 Å². The molecule has 5 nitrogen and oxygen atoms in total. The minimum atomic E-state index is -3.67. The van der Waals surface area contributed by atoms with E-state index in [-0.39, 0.29) is 18.3 Å². The maximum absolute atomic E-state index is 12.8. The highest BCUT2D eigenvalue weighted by atomic mass is 32.2. The minimum Gasteiger partial charge on any atom is -0.396 e. The van der Waals surface area contributed by atoms with Gasteiger partial charge in [-0.05, 0) is 43.6 Å². The summed E-state index contributed by atoms with van der Waals surface area (Å²) < 4.78 is 38.7. The van der Waals surface area contributed by atoms with Gasteiger partial charge < -0.3 is 10.0 Å². The van der Waals surface area contributed by atoms with Crippen molar-refractivity contribution >= 4 is 10.1 Å². The van der Waals surface area contributed by atoms with Crippen LogP contribution in [0.15, 0.2) is 24.3 Å². The molecule has 1 heterocycles. The highest BCUT2D eigenvalue weighted by molar-refractivity contribution is 7.85. The standard InChI is InChI=1S/C13H18FNO.CH4O3S/c1-15-7-6-13(11(8-15)9-16)10-2-4-12(14)5-3-10;1-5(2,3)4/h2-5,11,13,16H,6-9H2,1H3;1H3,(H,2,3,4)/t11-,13-;/m0./s1. The number of hydrogen-bond donors (Lipinski definition) is 2. The van der Waals surface area contributed by atoms with Gasteiger partial charge in [0, 0.05) is 19.1 Å². The summed E-state index contributed by atoms with van der Waals surface area (Å²) in [5, 5.41) is 9.39. The molecule has 1 aliphatic rings. The molecule has 1 aliphatic heterocycles. The third-order valence-corrected chi connectivity index (χ3v) is 3.47. The maximum atomic E-state index is 12.8. The van der Waals surface area contributed by atoms with Crippen molar-refractivity contribution in [3.05, 3.63) is 35.6 Å². The maximum Gasteiger partial charge on any atom is 0.261 e. The first-order chi connectivity index (χ1) is 9.70. The lowest BCUT2D eigenvalue weighted by Crippen LogP contribution is -2.38. The number of hydrogen-bond acceptors (Lipinski definition) is 4. The largest absolute Gasteiger partial charge is 0.396 e. The molecule has 1 saturated heterocycles. The SMILES string of the molecule is CN1CC[C@@H](c2ccc(F)cc2)[C@H](CO)C1.CS(=O)(=O)O. The monoisotopic (exact) mass is 319 g/mol. The van der Waals surface area contributed by atoms with E-state index in [4.69, 9.17) is 4.55 Å². The lowest BCUT2D eigenvalue weighted by atomic mass is 9.81. The van der Waals surface area contributed by atoms with Crippen LogP contribution in [0.5, 0.6) is 0 Å².